The Morgan fingerprint density at radius 2 is 2.05 bits per heavy atom. The van der Waals surface area contributed by atoms with Gasteiger partial charge >= 0.3 is 0 Å². The number of aryl methyl sites for hydroxylation is 2. The van der Waals surface area contributed by atoms with E-state index < -0.39 is 21.3 Å². The van der Waals surface area contributed by atoms with Crippen LogP contribution in [0, 0.1) is 6.92 Å². The van der Waals surface area contributed by atoms with Crippen molar-refractivity contribution in [3.05, 3.63) is 60.5 Å². The second-order valence-corrected chi connectivity index (χ2v) is 10.3. The summed E-state index contributed by atoms with van der Waals surface area (Å²) in [5, 5.41) is 7.34. The average molecular weight is 530 g/mol. The van der Waals surface area contributed by atoms with Crippen LogP contribution in [0.2, 0.25) is 0 Å². The molecule has 0 aliphatic heterocycles. The minimum Gasteiger partial charge on any atom is -0.491 e. The second-order valence-electron chi connectivity index (χ2n) is 8.50. The van der Waals surface area contributed by atoms with Gasteiger partial charge in [-0.2, -0.15) is 5.10 Å². The summed E-state index contributed by atoms with van der Waals surface area (Å²) < 4.78 is 41.9. The van der Waals surface area contributed by atoms with E-state index in [1.54, 1.807) is 17.9 Å². The molecular weight excluding hydrogens is 494 g/mol. The molecule has 1 aromatic carbocycles. The normalized spacial score (nSPS) is 12.8. The average Bonchev–Trinajstić information content (AvgIpc) is 3.38. The highest BCUT2D eigenvalue weighted by molar-refractivity contribution is 7.90. The standard InChI is InChI=1S/C26H35N5O5S/c1-6-8-14-27-25(7-2)37(33,34)29-24(32)12-11-22-19(3)28-30(4)26(22)31-15-13-20-9-10-21(18-23(20)31)36-17-16-35-5/h7,9-13,15,18,25,27H,2,6,8,14,16-17H2,1,3-5H3,(H,29,32)/b12-11+. The molecule has 1 amide bonds. The van der Waals surface area contributed by atoms with Gasteiger partial charge in [-0.1, -0.05) is 19.4 Å². The fraction of sp³-hybridized carbons (Fsp3) is 0.385. The number of carbonyl (C=O) groups excluding carboxylic acids is 1. The van der Waals surface area contributed by atoms with E-state index >= 15 is 0 Å². The number of hydrogen-bond acceptors (Lipinski definition) is 7. The molecule has 0 aliphatic carbocycles. The number of hydrogen-bond donors (Lipinski definition) is 2. The molecule has 1 atom stereocenters. The lowest BCUT2D eigenvalue weighted by Crippen LogP contribution is -2.44. The number of amides is 1. The van der Waals surface area contributed by atoms with Crippen molar-refractivity contribution in [3.63, 3.8) is 0 Å². The Morgan fingerprint density at radius 3 is 2.76 bits per heavy atom. The zero-order chi connectivity index (χ0) is 27.0. The summed E-state index contributed by atoms with van der Waals surface area (Å²) in [6.07, 6.45) is 7.67. The fourth-order valence-corrected chi connectivity index (χ4v) is 4.97. The monoisotopic (exact) mass is 529 g/mol. The molecule has 2 N–H and O–H groups in total. The molecule has 0 fully saturated rings. The third-order valence-electron chi connectivity index (χ3n) is 5.75. The first kappa shape index (κ1) is 28.2. The van der Waals surface area contributed by atoms with E-state index in [0.717, 1.165) is 29.6 Å². The van der Waals surface area contributed by atoms with Crippen LogP contribution in [0.3, 0.4) is 0 Å². The Hall–Kier alpha value is -3.41. The van der Waals surface area contributed by atoms with E-state index in [4.69, 9.17) is 9.47 Å². The summed E-state index contributed by atoms with van der Waals surface area (Å²) in [4.78, 5) is 12.6. The summed E-state index contributed by atoms with van der Waals surface area (Å²) in [6.45, 7) is 8.82. The van der Waals surface area contributed by atoms with Crippen LogP contribution in [0.4, 0.5) is 0 Å². The quantitative estimate of drug-likeness (QED) is 0.187. The molecule has 0 saturated carbocycles. The van der Waals surface area contributed by atoms with E-state index in [2.05, 4.69) is 21.7 Å². The molecule has 10 nitrogen and oxygen atoms in total. The summed E-state index contributed by atoms with van der Waals surface area (Å²) in [6, 6.07) is 7.77. The van der Waals surface area contributed by atoms with Crippen LogP contribution in [0.5, 0.6) is 5.75 Å². The van der Waals surface area contributed by atoms with Crippen molar-refractivity contribution < 1.29 is 22.7 Å². The van der Waals surface area contributed by atoms with Crippen molar-refractivity contribution >= 4 is 32.9 Å². The van der Waals surface area contributed by atoms with Gasteiger partial charge in [0.2, 0.25) is 0 Å². The Kier molecular flexibility index (Phi) is 9.67. The van der Waals surface area contributed by atoms with Gasteiger partial charge in [0.15, 0.2) is 0 Å². The summed E-state index contributed by atoms with van der Waals surface area (Å²) >= 11 is 0. The topological polar surface area (TPSA) is 116 Å². The predicted molar refractivity (Wildman–Crippen MR) is 145 cm³/mol. The zero-order valence-corrected chi connectivity index (χ0v) is 22.5. The van der Waals surface area contributed by atoms with Crippen LogP contribution in [0.25, 0.3) is 22.8 Å². The number of nitrogens with one attached hydrogen (secondary N) is 2. The third-order valence-corrected chi connectivity index (χ3v) is 7.27. The van der Waals surface area contributed by atoms with E-state index in [1.807, 2.05) is 55.9 Å². The van der Waals surface area contributed by atoms with E-state index in [9.17, 15) is 13.2 Å². The fourth-order valence-electron chi connectivity index (χ4n) is 3.91. The molecular formula is C26H35N5O5S. The van der Waals surface area contributed by atoms with Crippen LogP contribution in [0.15, 0.2) is 49.2 Å². The van der Waals surface area contributed by atoms with Crippen molar-refractivity contribution in [1.82, 2.24) is 24.4 Å². The van der Waals surface area contributed by atoms with Crippen LogP contribution < -0.4 is 14.8 Å². The minimum atomic E-state index is -3.99. The first-order valence-electron chi connectivity index (χ1n) is 12.1. The Bertz CT molecular complexity index is 1370. The van der Waals surface area contributed by atoms with Gasteiger partial charge in [-0.25, -0.2) is 13.1 Å². The predicted octanol–water partition coefficient (Wildman–Crippen LogP) is 3.06. The number of sulfonamides is 1. The third kappa shape index (κ3) is 6.88. The highest BCUT2D eigenvalue weighted by atomic mass is 32.2. The molecule has 2 heterocycles. The molecule has 0 aliphatic rings. The lowest BCUT2D eigenvalue weighted by atomic mass is 10.2. The van der Waals surface area contributed by atoms with E-state index in [0.29, 0.717) is 36.8 Å². The molecule has 3 aromatic rings. The molecule has 1 unspecified atom stereocenters. The number of nitrogens with zero attached hydrogens (tertiary/aromatic N) is 3. The number of carbonyl (C=O) groups is 1. The maximum atomic E-state index is 12.6. The van der Waals surface area contributed by atoms with Crippen LogP contribution in [0.1, 0.15) is 31.0 Å². The van der Waals surface area contributed by atoms with Gasteiger partial charge in [0, 0.05) is 43.4 Å². The maximum Gasteiger partial charge on any atom is 0.257 e. The highest BCUT2D eigenvalue weighted by Crippen LogP contribution is 2.28. The smallest absolute Gasteiger partial charge is 0.257 e. The van der Waals surface area contributed by atoms with Crippen LogP contribution >= 0.6 is 0 Å². The molecule has 2 aromatic heterocycles. The number of aromatic nitrogens is 3. The van der Waals surface area contributed by atoms with Gasteiger partial charge < -0.3 is 14.0 Å². The molecule has 0 radical (unpaired) electrons. The number of ether oxygens (including phenoxy) is 2. The van der Waals surface area contributed by atoms with Gasteiger partial charge in [0.1, 0.15) is 23.5 Å². The number of methoxy groups -OCH3 is 1. The Morgan fingerprint density at radius 1 is 1.27 bits per heavy atom. The van der Waals surface area contributed by atoms with Crippen molar-refractivity contribution in [2.45, 2.75) is 32.1 Å². The van der Waals surface area contributed by atoms with E-state index in [-0.39, 0.29) is 0 Å². The van der Waals surface area contributed by atoms with E-state index in [1.165, 1.54) is 12.2 Å². The number of benzene rings is 1. The van der Waals surface area contributed by atoms with Gasteiger partial charge in [-0.3, -0.25) is 14.8 Å². The first-order valence-corrected chi connectivity index (χ1v) is 13.6. The SMILES string of the molecule is C=CC(NCCCC)S(=O)(=O)NC(=O)/C=C/c1c(C)nn(C)c1-n1ccc2ccc(OCCOC)cc21. The summed E-state index contributed by atoms with van der Waals surface area (Å²) in [5.41, 5.74) is 2.26. The number of fused-ring (bicyclic) bond motifs is 1. The van der Waals surface area contributed by atoms with Crippen LogP contribution in [-0.2, 0) is 26.6 Å². The van der Waals surface area contributed by atoms with Crippen molar-refractivity contribution in [2.75, 3.05) is 26.9 Å². The maximum absolute atomic E-state index is 12.6. The van der Waals surface area contributed by atoms with Crippen molar-refractivity contribution in [1.29, 1.82) is 0 Å². The largest absolute Gasteiger partial charge is 0.491 e. The molecule has 0 saturated heterocycles. The summed E-state index contributed by atoms with van der Waals surface area (Å²) in [5.74, 6) is 0.664. The van der Waals surface area contributed by atoms with Gasteiger partial charge in [-0.15, -0.1) is 6.58 Å². The molecule has 3 rings (SSSR count). The molecule has 37 heavy (non-hydrogen) atoms. The number of unbranched alkanes of at least 4 members (excludes halogenated alkanes) is 1. The Balaban J connectivity index is 1.86. The highest BCUT2D eigenvalue weighted by Gasteiger charge is 2.23. The van der Waals surface area contributed by atoms with Crippen molar-refractivity contribution in [3.8, 4) is 11.6 Å². The van der Waals surface area contributed by atoms with Gasteiger partial charge in [0.05, 0.1) is 17.8 Å². The van der Waals surface area contributed by atoms with Crippen molar-refractivity contribution in [2.24, 2.45) is 7.05 Å². The second kappa shape index (κ2) is 12.7. The minimum absolute atomic E-state index is 0.431. The molecule has 0 bridgehead atoms. The zero-order valence-electron chi connectivity index (χ0n) is 21.7. The Labute approximate surface area is 218 Å². The number of rotatable bonds is 14. The van der Waals surface area contributed by atoms with Crippen LogP contribution in [-0.4, -0.2) is 60.9 Å². The first-order chi connectivity index (χ1) is 17.7. The lowest BCUT2D eigenvalue weighted by Gasteiger charge is -2.15. The lowest BCUT2D eigenvalue weighted by molar-refractivity contribution is -0.114. The molecule has 0 spiro atoms. The van der Waals surface area contributed by atoms with Gasteiger partial charge in [-0.05, 0) is 44.2 Å². The summed E-state index contributed by atoms with van der Waals surface area (Å²) in [7, 11) is -0.555. The molecule has 11 heteroatoms. The molecule has 200 valence electrons. The van der Waals surface area contributed by atoms with Gasteiger partial charge in [0.25, 0.3) is 15.9 Å².